The number of fused-ring (bicyclic) bond motifs is 4. The fourth-order valence-electron chi connectivity index (χ4n) is 5.67. The Bertz CT molecular complexity index is 1610. The Hall–Kier alpha value is -4.18. The summed E-state index contributed by atoms with van der Waals surface area (Å²) >= 11 is 0. The van der Waals surface area contributed by atoms with Crippen molar-refractivity contribution in [1.29, 1.82) is 0 Å². The van der Waals surface area contributed by atoms with Crippen molar-refractivity contribution in [3.8, 4) is 11.1 Å². The van der Waals surface area contributed by atoms with Gasteiger partial charge in [0.15, 0.2) is 0 Å². The maximum absolute atomic E-state index is 12.9. The Labute approximate surface area is 219 Å². The van der Waals surface area contributed by atoms with Gasteiger partial charge in [-0.1, -0.05) is 12.1 Å². The molecule has 0 radical (unpaired) electrons. The van der Waals surface area contributed by atoms with E-state index >= 15 is 0 Å². The number of H-pyrrole nitrogens is 1. The van der Waals surface area contributed by atoms with Crippen LogP contribution < -0.4 is 21.1 Å². The molecule has 0 spiro atoms. The van der Waals surface area contributed by atoms with Gasteiger partial charge in [0.1, 0.15) is 5.82 Å². The average molecular weight is 512 g/mol. The number of amides is 1. The summed E-state index contributed by atoms with van der Waals surface area (Å²) < 4.78 is 7.75. The number of aromatic amines is 1. The van der Waals surface area contributed by atoms with Crippen LogP contribution in [0.4, 0.5) is 22.9 Å². The number of nitrogens with zero attached hydrogens (tertiary/aromatic N) is 4. The summed E-state index contributed by atoms with van der Waals surface area (Å²) in [6.45, 7) is 2.25. The van der Waals surface area contributed by atoms with E-state index in [-0.39, 0.29) is 17.4 Å². The zero-order valence-electron chi connectivity index (χ0n) is 21.2. The van der Waals surface area contributed by atoms with Crippen LogP contribution in [0, 0.1) is 5.92 Å². The molecule has 3 aromatic heterocycles. The number of hydrogen-bond donors (Lipinski definition) is 3. The molecule has 0 bridgehead atoms. The number of ether oxygens (including phenoxy) is 1. The van der Waals surface area contributed by atoms with Crippen molar-refractivity contribution < 1.29 is 9.53 Å². The van der Waals surface area contributed by atoms with Gasteiger partial charge in [0, 0.05) is 49.6 Å². The number of pyridine rings is 2. The Kier molecular flexibility index (Phi) is 5.43. The van der Waals surface area contributed by atoms with E-state index in [0.717, 1.165) is 67.9 Å². The molecular formula is C28H29N7O3. The Morgan fingerprint density at radius 1 is 1.11 bits per heavy atom. The Morgan fingerprint density at radius 2 is 1.95 bits per heavy atom. The van der Waals surface area contributed by atoms with Gasteiger partial charge in [-0.2, -0.15) is 5.10 Å². The third kappa shape index (κ3) is 3.92. The summed E-state index contributed by atoms with van der Waals surface area (Å²) in [4.78, 5) is 34.8. The minimum atomic E-state index is -0.240. The van der Waals surface area contributed by atoms with Gasteiger partial charge in [0.25, 0.3) is 5.56 Å². The zero-order valence-corrected chi connectivity index (χ0v) is 21.2. The number of carbonyl (C=O) groups excluding carboxylic acids is 1. The first-order chi connectivity index (χ1) is 18.6. The summed E-state index contributed by atoms with van der Waals surface area (Å²) in [7, 11) is 2.08. The Morgan fingerprint density at radius 3 is 2.76 bits per heavy atom. The quantitative estimate of drug-likeness (QED) is 0.368. The first-order valence-electron chi connectivity index (χ1n) is 13.2. The fourth-order valence-corrected chi connectivity index (χ4v) is 5.67. The van der Waals surface area contributed by atoms with Crippen molar-refractivity contribution in [2.45, 2.75) is 38.3 Å². The maximum atomic E-state index is 12.9. The van der Waals surface area contributed by atoms with Gasteiger partial charge in [-0.05, 0) is 37.8 Å². The summed E-state index contributed by atoms with van der Waals surface area (Å²) in [6.07, 6.45) is 7.28. The van der Waals surface area contributed by atoms with E-state index in [4.69, 9.17) is 9.84 Å². The number of benzene rings is 1. The molecule has 3 aliphatic rings. The molecular weight excluding hydrogens is 482 g/mol. The third-order valence-electron chi connectivity index (χ3n) is 7.73. The molecule has 1 amide bonds. The van der Waals surface area contributed by atoms with E-state index in [1.807, 2.05) is 18.3 Å². The second-order valence-electron chi connectivity index (χ2n) is 10.4. The van der Waals surface area contributed by atoms with Crippen molar-refractivity contribution in [2.24, 2.45) is 5.92 Å². The SMILES string of the molecule is CN1Cc2c(cnn2C2CCOCC2)-c2cccc(Nc3cc(NC(=O)C4CC4)nc4cc[nH]c(=O)c34)c21. The molecule has 2 aliphatic heterocycles. The molecule has 1 saturated heterocycles. The van der Waals surface area contributed by atoms with Crippen LogP contribution in [-0.2, 0) is 16.1 Å². The normalized spacial score (nSPS) is 17.2. The largest absolute Gasteiger partial charge is 0.381 e. The monoisotopic (exact) mass is 511 g/mol. The van der Waals surface area contributed by atoms with Crippen LogP contribution in [0.15, 0.2) is 47.5 Å². The van der Waals surface area contributed by atoms with Gasteiger partial charge in [-0.3, -0.25) is 14.3 Å². The molecule has 194 valence electrons. The van der Waals surface area contributed by atoms with E-state index in [2.05, 4.69) is 43.3 Å². The molecule has 1 aromatic carbocycles. The lowest BCUT2D eigenvalue weighted by Crippen LogP contribution is -2.28. The molecule has 5 heterocycles. The number of anilines is 4. The average Bonchev–Trinajstić information content (AvgIpc) is 3.69. The highest BCUT2D eigenvalue weighted by Crippen LogP contribution is 2.45. The molecule has 1 saturated carbocycles. The minimum Gasteiger partial charge on any atom is -0.381 e. The van der Waals surface area contributed by atoms with Gasteiger partial charge < -0.3 is 25.3 Å². The molecule has 1 aliphatic carbocycles. The van der Waals surface area contributed by atoms with Gasteiger partial charge >= 0.3 is 0 Å². The summed E-state index contributed by atoms with van der Waals surface area (Å²) in [5.74, 6) is 0.452. The second kappa shape index (κ2) is 8.98. The number of aromatic nitrogens is 4. The molecule has 2 fully saturated rings. The second-order valence-corrected chi connectivity index (χ2v) is 10.4. The highest BCUT2D eigenvalue weighted by atomic mass is 16.5. The van der Waals surface area contributed by atoms with Crippen LogP contribution in [0.2, 0.25) is 0 Å². The van der Waals surface area contributed by atoms with E-state index in [0.29, 0.717) is 28.5 Å². The van der Waals surface area contributed by atoms with Gasteiger partial charge in [0.2, 0.25) is 5.91 Å². The van der Waals surface area contributed by atoms with Crippen LogP contribution in [0.25, 0.3) is 22.0 Å². The molecule has 10 nitrogen and oxygen atoms in total. The molecule has 38 heavy (non-hydrogen) atoms. The number of rotatable bonds is 5. The first kappa shape index (κ1) is 23.0. The van der Waals surface area contributed by atoms with Crippen molar-refractivity contribution in [3.63, 3.8) is 0 Å². The predicted octanol–water partition coefficient (Wildman–Crippen LogP) is 4.18. The molecule has 3 N–H and O–H groups in total. The van der Waals surface area contributed by atoms with Crippen molar-refractivity contribution in [2.75, 3.05) is 35.8 Å². The standard InChI is InChI=1S/C28H29N7O3/c1-34-15-23-19(14-30-35(23)17-8-11-38-12-9-17)18-3-2-4-21(26(18)34)31-22-13-24(33-27(36)16-5-6-16)32-20-7-10-29-28(37)25(20)22/h2-4,7,10,13-14,16-17H,5-6,8-9,11-12,15H2,1H3,(H,29,37)(H2,31,32,33,36). The number of carbonyl (C=O) groups is 1. The molecule has 7 rings (SSSR count). The predicted molar refractivity (Wildman–Crippen MR) is 146 cm³/mol. The van der Waals surface area contributed by atoms with Crippen molar-refractivity contribution in [1.82, 2.24) is 19.7 Å². The number of para-hydroxylation sites is 1. The lowest BCUT2D eigenvalue weighted by molar-refractivity contribution is -0.117. The van der Waals surface area contributed by atoms with E-state index in [1.54, 1.807) is 18.3 Å². The fraction of sp³-hybridized carbons (Fsp3) is 0.357. The highest BCUT2D eigenvalue weighted by molar-refractivity contribution is 6.00. The molecule has 4 aromatic rings. The topological polar surface area (TPSA) is 117 Å². The Balaban J connectivity index is 1.29. The van der Waals surface area contributed by atoms with Crippen LogP contribution >= 0.6 is 0 Å². The lowest BCUT2D eigenvalue weighted by Gasteiger charge is -2.32. The van der Waals surface area contributed by atoms with Gasteiger partial charge in [0.05, 0.1) is 52.4 Å². The summed E-state index contributed by atoms with van der Waals surface area (Å²) in [5.41, 5.74) is 6.19. The summed E-state index contributed by atoms with van der Waals surface area (Å²) in [6, 6.07) is 9.98. The molecule has 0 atom stereocenters. The zero-order chi connectivity index (χ0) is 25.8. The number of nitrogens with one attached hydrogen (secondary N) is 3. The lowest BCUT2D eigenvalue weighted by atomic mass is 9.97. The maximum Gasteiger partial charge on any atom is 0.259 e. The van der Waals surface area contributed by atoms with Gasteiger partial charge in [-0.25, -0.2) is 4.98 Å². The highest BCUT2D eigenvalue weighted by Gasteiger charge is 2.31. The van der Waals surface area contributed by atoms with Crippen LogP contribution in [0.3, 0.4) is 0 Å². The number of hydrogen-bond acceptors (Lipinski definition) is 7. The van der Waals surface area contributed by atoms with Crippen LogP contribution in [0.1, 0.15) is 37.4 Å². The van der Waals surface area contributed by atoms with Crippen LogP contribution in [0.5, 0.6) is 0 Å². The van der Waals surface area contributed by atoms with E-state index < -0.39 is 0 Å². The molecule has 10 heteroatoms. The molecule has 0 unspecified atom stereocenters. The third-order valence-corrected chi connectivity index (χ3v) is 7.73. The summed E-state index contributed by atoms with van der Waals surface area (Å²) in [5, 5.41) is 11.7. The minimum absolute atomic E-state index is 0.0291. The van der Waals surface area contributed by atoms with Crippen molar-refractivity contribution >= 4 is 39.7 Å². The first-order valence-corrected chi connectivity index (χ1v) is 13.2. The van der Waals surface area contributed by atoms with E-state index in [9.17, 15) is 9.59 Å². The van der Waals surface area contributed by atoms with Gasteiger partial charge in [-0.15, -0.1) is 0 Å². The van der Waals surface area contributed by atoms with Crippen LogP contribution in [-0.4, -0.2) is 45.9 Å². The smallest absolute Gasteiger partial charge is 0.259 e. The van der Waals surface area contributed by atoms with Crippen molar-refractivity contribution in [3.05, 3.63) is 58.8 Å². The van der Waals surface area contributed by atoms with E-state index in [1.165, 1.54) is 5.69 Å².